The first-order valence-electron chi connectivity index (χ1n) is 12.1. The van der Waals surface area contributed by atoms with Gasteiger partial charge >= 0.3 is 5.97 Å². The number of hydrogen-bond donors (Lipinski definition) is 2. The fraction of sp³-hybridized carbons (Fsp3) is 0.321. The van der Waals surface area contributed by atoms with E-state index in [4.69, 9.17) is 4.74 Å². The van der Waals surface area contributed by atoms with Gasteiger partial charge in [0.25, 0.3) is 0 Å². The van der Waals surface area contributed by atoms with E-state index in [0.29, 0.717) is 28.6 Å². The van der Waals surface area contributed by atoms with Crippen LogP contribution in [-0.2, 0) is 27.2 Å². The van der Waals surface area contributed by atoms with Crippen LogP contribution in [0.15, 0.2) is 59.5 Å². The van der Waals surface area contributed by atoms with Crippen LogP contribution in [0.3, 0.4) is 0 Å². The van der Waals surface area contributed by atoms with E-state index in [1.165, 1.54) is 35.8 Å². The Balaban J connectivity index is 1.44. The van der Waals surface area contributed by atoms with Gasteiger partial charge in [-0.25, -0.2) is 4.79 Å². The van der Waals surface area contributed by atoms with E-state index in [9.17, 15) is 14.4 Å². The molecule has 1 aliphatic rings. The van der Waals surface area contributed by atoms with E-state index in [0.717, 1.165) is 41.0 Å². The Bertz CT molecular complexity index is 1240. The molecule has 0 radical (unpaired) electrons. The van der Waals surface area contributed by atoms with E-state index in [1.54, 1.807) is 0 Å². The first-order chi connectivity index (χ1) is 17.5. The third-order valence-corrected chi connectivity index (χ3v) is 8.31. The fourth-order valence-corrected chi connectivity index (χ4v) is 6.51. The number of hydrogen-bond acceptors (Lipinski definition) is 6. The topological polar surface area (TPSA) is 84.5 Å². The normalized spacial score (nSPS) is 14.6. The van der Waals surface area contributed by atoms with E-state index in [2.05, 4.69) is 34.9 Å². The molecular formula is C28H30N2O4S2. The number of esters is 1. The molecule has 6 nitrogen and oxygen atoms in total. The molecule has 1 aliphatic carbocycles. The summed E-state index contributed by atoms with van der Waals surface area (Å²) in [5.41, 5.74) is 3.50. The second-order valence-corrected chi connectivity index (χ2v) is 10.9. The van der Waals surface area contributed by atoms with Crippen LogP contribution < -0.4 is 10.6 Å². The lowest BCUT2D eigenvalue weighted by molar-refractivity contribution is -0.116. The number of benzene rings is 2. The van der Waals surface area contributed by atoms with E-state index >= 15 is 0 Å². The maximum atomic E-state index is 12.8. The highest BCUT2D eigenvalue weighted by Gasteiger charge is 2.30. The molecule has 1 aromatic heterocycles. The Morgan fingerprint density at radius 2 is 1.86 bits per heavy atom. The molecular weight excluding hydrogens is 492 g/mol. The number of methoxy groups -OCH3 is 1. The summed E-state index contributed by atoms with van der Waals surface area (Å²) in [7, 11) is 1.37. The predicted molar refractivity (Wildman–Crippen MR) is 146 cm³/mol. The number of amides is 2. The Morgan fingerprint density at radius 3 is 2.61 bits per heavy atom. The number of ether oxygens (including phenoxy) is 1. The minimum Gasteiger partial charge on any atom is -0.465 e. The number of thiophene rings is 1. The van der Waals surface area contributed by atoms with Crippen LogP contribution in [0, 0.1) is 0 Å². The lowest BCUT2D eigenvalue weighted by Gasteiger charge is -2.22. The van der Waals surface area contributed by atoms with Gasteiger partial charge < -0.3 is 15.4 Å². The molecule has 2 amide bonds. The Hall–Kier alpha value is -3.10. The number of carbonyl (C=O) groups is 3. The molecule has 0 aliphatic heterocycles. The number of anilines is 2. The second-order valence-electron chi connectivity index (χ2n) is 8.71. The van der Waals surface area contributed by atoms with Crippen molar-refractivity contribution in [2.75, 3.05) is 23.5 Å². The lowest BCUT2D eigenvalue weighted by Crippen LogP contribution is -2.17. The molecule has 1 heterocycles. The Labute approximate surface area is 219 Å². The monoisotopic (exact) mass is 522 g/mol. The minimum absolute atomic E-state index is 0.0242. The summed E-state index contributed by atoms with van der Waals surface area (Å²) < 4.78 is 5.06. The Morgan fingerprint density at radius 1 is 1.06 bits per heavy atom. The molecule has 0 spiro atoms. The summed E-state index contributed by atoms with van der Waals surface area (Å²) in [6.07, 6.45) is 3.82. The van der Waals surface area contributed by atoms with Gasteiger partial charge in [0.05, 0.1) is 18.4 Å². The first kappa shape index (κ1) is 26.0. The van der Waals surface area contributed by atoms with Crippen molar-refractivity contribution in [3.63, 3.8) is 0 Å². The SMILES string of the molecule is CCCC(=O)Nc1cccc(SCC(=O)Nc2sc3c(c2C(=O)OC)CCC(c2ccccc2)C3)c1. The Kier molecular flexibility index (Phi) is 8.83. The summed E-state index contributed by atoms with van der Waals surface area (Å²) in [6, 6.07) is 17.9. The molecule has 3 aromatic rings. The molecule has 188 valence electrons. The number of fused-ring (bicyclic) bond motifs is 1. The predicted octanol–water partition coefficient (Wildman–Crippen LogP) is 6.28. The third-order valence-electron chi connectivity index (χ3n) is 6.14. The molecule has 0 saturated heterocycles. The number of thioether (sulfide) groups is 1. The minimum atomic E-state index is -0.413. The number of rotatable bonds is 9. The smallest absolute Gasteiger partial charge is 0.341 e. The molecule has 1 unspecified atom stereocenters. The molecule has 0 saturated carbocycles. The zero-order chi connectivity index (χ0) is 25.5. The van der Waals surface area contributed by atoms with Crippen LogP contribution in [-0.4, -0.2) is 30.6 Å². The van der Waals surface area contributed by atoms with E-state index in [1.807, 2.05) is 37.3 Å². The molecule has 0 fully saturated rings. The van der Waals surface area contributed by atoms with Crippen molar-refractivity contribution in [2.45, 2.75) is 49.8 Å². The van der Waals surface area contributed by atoms with Crippen molar-refractivity contribution in [1.82, 2.24) is 0 Å². The quantitative estimate of drug-likeness (QED) is 0.255. The molecule has 1 atom stereocenters. The standard InChI is InChI=1S/C28H30N2O4S2/c1-3-8-24(31)29-20-11-7-12-21(16-20)35-17-25(32)30-27-26(28(33)34-2)22-14-13-19(15-23(22)36-27)18-9-5-4-6-10-18/h4-7,9-12,16,19H,3,8,13-15,17H2,1-2H3,(H,29,31)(H,30,32). The number of carbonyl (C=O) groups excluding carboxylic acids is 3. The highest BCUT2D eigenvalue weighted by atomic mass is 32.2. The molecule has 4 rings (SSSR count). The lowest BCUT2D eigenvalue weighted by atomic mass is 9.83. The average molecular weight is 523 g/mol. The fourth-order valence-electron chi connectivity index (χ4n) is 4.43. The average Bonchev–Trinajstić information content (AvgIpc) is 3.24. The summed E-state index contributed by atoms with van der Waals surface area (Å²) in [4.78, 5) is 39.4. The van der Waals surface area contributed by atoms with Crippen molar-refractivity contribution >= 4 is 51.6 Å². The van der Waals surface area contributed by atoms with Crippen LogP contribution in [0.2, 0.25) is 0 Å². The molecule has 2 aromatic carbocycles. The summed E-state index contributed by atoms with van der Waals surface area (Å²) in [6.45, 7) is 1.96. The van der Waals surface area contributed by atoms with Crippen molar-refractivity contribution in [2.24, 2.45) is 0 Å². The number of nitrogens with one attached hydrogen (secondary N) is 2. The molecule has 8 heteroatoms. The summed E-state index contributed by atoms with van der Waals surface area (Å²) in [5, 5.41) is 6.40. The molecule has 36 heavy (non-hydrogen) atoms. The maximum absolute atomic E-state index is 12.8. The second kappa shape index (κ2) is 12.2. The van der Waals surface area contributed by atoms with Gasteiger partial charge in [0.1, 0.15) is 5.00 Å². The van der Waals surface area contributed by atoms with Crippen LogP contribution in [0.1, 0.15) is 58.5 Å². The van der Waals surface area contributed by atoms with E-state index in [-0.39, 0.29) is 17.6 Å². The van der Waals surface area contributed by atoms with Crippen LogP contribution >= 0.6 is 23.1 Å². The highest BCUT2D eigenvalue weighted by Crippen LogP contribution is 2.42. The van der Waals surface area contributed by atoms with Crippen molar-refractivity contribution in [1.29, 1.82) is 0 Å². The van der Waals surface area contributed by atoms with Crippen LogP contribution in [0.25, 0.3) is 0 Å². The van der Waals surface area contributed by atoms with Gasteiger partial charge in [-0.1, -0.05) is 43.3 Å². The zero-order valence-corrected chi connectivity index (χ0v) is 22.1. The van der Waals surface area contributed by atoms with Gasteiger partial charge in [-0.2, -0.15) is 0 Å². The summed E-state index contributed by atoms with van der Waals surface area (Å²) in [5.74, 6) is -0.0498. The van der Waals surface area contributed by atoms with Gasteiger partial charge in [-0.15, -0.1) is 23.1 Å². The van der Waals surface area contributed by atoms with Crippen molar-refractivity contribution < 1.29 is 19.1 Å². The molecule has 2 N–H and O–H groups in total. The maximum Gasteiger partial charge on any atom is 0.341 e. The third kappa shape index (κ3) is 6.36. The van der Waals surface area contributed by atoms with Gasteiger partial charge in [0.2, 0.25) is 11.8 Å². The first-order valence-corrected chi connectivity index (χ1v) is 13.9. The van der Waals surface area contributed by atoms with Crippen LogP contribution in [0.4, 0.5) is 10.7 Å². The van der Waals surface area contributed by atoms with E-state index < -0.39 is 5.97 Å². The van der Waals surface area contributed by atoms with Gasteiger partial charge in [-0.05, 0) is 60.9 Å². The van der Waals surface area contributed by atoms with Crippen molar-refractivity contribution in [3.8, 4) is 0 Å². The van der Waals surface area contributed by atoms with Gasteiger partial charge in [0, 0.05) is 21.9 Å². The van der Waals surface area contributed by atoms with Crippen LogP contribution in [0.5, 0.6) is 0 Å². The van der Waals surface area contributed by atoms with Gasteiger partial charge in [0.15, 0.2) is 0 Å². The highest BCUT2D eigenvalue weighted by molar-refractivity contribution is 8.00. The largest absolute Gasteiger partial charge is 0.465 e. The molecule has 0 bridgehead atoms. The van der Waals surface area contributed by atoms with Gasteiger partial charge in [-0.3, -0.25) is 9.59 Å². The summed E-state index contributed by atoms with van der Waals surface area (Å²) >= 11 is 2.86. The van der Waals surface area contributed by atoms with Crippen molar-refractivity contribution in [3.05, 3.63) is 76.2 Å². The zero-order valence-electron chi connectivity index (χ0n) is 20.5.